The predicted molar refractivity (Wildman–Crippen MR) is 101 cm³/mol. The van der Waals surface area contributed by atoms with Gasteiger partial charge in [0.25, 0.3) is 0 Å². The molecule has 25 heavy (non-hydrogen) atoms. The summed E-state index contributed by atoms with van der Waals surface area (Å²) in [5, 5.41) is 7.92. The Kier molecular flexibility index (Phi) is 6.02. The maximum Gasteiger partial charge on any atom is 0.132 e. The highest BCUT2D eigenvalue weighted by molar-refractivity contribution is 5.40. The molecule has 2 aromatic rings. The van der Waals surface area contributed by atoms with E-state index in [4.69, 9.17) is 4.98 Å². The lowest BCUT2D eigenvalue weighted by Crippen LogP contribution is -2.43. The molecule has 0 amide bonds. The van der Waals surface area contributed by atoms with Crippen LogP contribution in [-0.4, -0.2) is 45.4 Å². The number of rotatable bonds is 7. The van der Waals surface area contributed by atoms with Crippen molar-refractivity contribution in [1.29, 1.82) is 0 Å². The van der Waals surface area contributed by atoms with Gasteiger partial charge in [0, 0.05) is 69.2 Å². The Morgan fingerprint density at radius 3 is 2.68 bits per heavy atom. The van der Waals surface area contributed by atoms with Gasteiger partial charge in [-0.3, -0.25) is 4.68 Å². The van der Waals surface area contributed by atoms with Crippen molar-refractivity contribution in [1.82, 2.24) is 25.1 Å². The number of nitrogens with zero attached hydrogens (tertiary/aromatic N) is 5. The van der Waals surface area contributed by atoms with Crippen LogP contribution in [0.2, 0.25) is 0 Å². The Morgan fingerprint density at radius 1 is 1.20 bits per heavy atom. The summed E-state index contributed by atoms with van der Waals surface area (Å²) in [5.41, 5.74) is 2.36. The monoisotopic (exact) mass is 342 g/mol. The van der Waals surface area contributed by atoms with E-state index in [0.717, 1.165) is 69.1 Å². The standard InChI is InChI=1S/C19H30N6/c1-4-5-18-22-15(2)14-19(23-18)25-12-8-16(9-13-25)20-10-6-17-7-11-21-24(17)3/h7,11,14,16,20H,4-6,8-10,12-13H2,1-3H3. The van der Waals surface area contributed by atoms with Crippen LogP contribution in [0, 0.1) is 6.92 Å². The molecular formula is C19H30N6. The van der Waals surface area contributed by atoms with E-state index in [1.54, 1.807) is 0 Å². The van der Waals surface area contributed by atoms with Crippen LogP contribution in [0.4, 0.5) is 5.82 Å². The number of aromatic nitrogens is 4. The molecule has 0 aliphatic carbocycles. The first-order valence-corrected chi connectivity index (χ1v) is 9.45. The third-order valence-electron chi connectivity index (χ3n) is 4.92. The van der Waals surface area contributed by atoms with Crippen molar-refractivity contribution in [3.63, 3.8) is 0 Å². The van der Waals surface area contributed by atoms with Crippen molar-refractivity contribution in [3.05, 3.63) is 35.5 Å². The minimum absolute atomic E-state index is 0.600. The highest BCUT2D eigenvalue weighted by Gasteiger charge is 2.20. The fourth-order valence-corrected chi connectivity index (χ4v) is 3.47. The van der Waals surface area contributed by atoms with E-state index in [0.29, 0.717) is 6.04 Å². The summed E-state index contributed by atoms with van der Waals surface area (Å²) in [6, 6.07) is 4.81. The SMILES string of the molecule is CCCc1nc(C)cc(N2CCC(NCCc3ccnn3C)CC2)n1. The third kappa shape index (κ3) is 4.78. The van der Waals surface area contributed by atoms with Gasteiger partial charge in [0.15, 0.2) is 0 Å². The lowest BCUT2D eigenvalue weighted by molar-refractivity contribution is 0.414. The van der Waals surface area contributed by atoms with Crippen LogP contribution < -0.4 is 10.2 Å². The van der Waals surface area contributed by atoms with Crippen molar-refractivity contribution >= 4 is 5.82 Å². The van der Waals surface area contributed by atoms with E-state index in [2.05, 4.69) is 46.3 Å². The first-order valence-electron chi connectivity index (χ1n) is 9.45. The molecule has 3 heterocycles. The zero-order valence-corrected chi connectivity index (χ0v) is 15.7. The Labute approximate surface area is 150 Å². The molecule has 0 saturated carbocycles. The average Bonchev–Trinajstić information content (AvgIpc) is 3.00. The van der Waals surface area contributed by atoms with Crippen LogP contribution in [0.1, 0.15) is 43.4 Å². The molecule has 3 rings (SSSR count). The third-order valence-corrected chi connectivity index (χ3v) is 4.92. The average molecular weight is 342 g/mol. The van der Waals surface area contributed by atoms with Crippen LogP contribution >= 0.6 is 0 Å². The van der Waals surface area contributed by atoms with E-state index >= 15 is 0 Å². The van der Waals surface area contributed by atoms with Crippen LogP contribution in [0.25, 0.3) is 0 Å². The predicted octanol–water partition coefficient (Wildman–Crippen LogP) is 2.27. The maximum atomic E-state index is 4.76. The topological polar surface area (TPSA) is 58.9 Å². The number of aryl methyl sites for hydroxylation is 3. The quantitative estimate of drug-likeness (QED) is 0.836. The minimum Gasteiger partial charge on any atom is -0.356 e. The van der Waals surface area contributed by atoms with E-state index in [-0.39, 0.29) is 0 Å². The summed E-state index contributed by atoms with van der Waals surface area (Å²) in [5.74, 6) is 2.08. The van der Waals surface area contributed by atoms with Gasteiger partial charge in [0.2, 0.25) is 0 Å². The molecule has 0 aromatic carbocycles. The maximum absolute atomic E-state index is 4.76. The summed E-state index contributed by atoms with van der Waals surface area (Å²) in [6.45, 7) is 7.37. The number of hydrogen-bond acceptors (Lipinski definition) is 5. The van der Waals surface area contributed by atoms with Crippen molar-refractivity contribution < 1.29 is 0 Å². The van der Waals surface area contributed by atoms with E-state index in [1.807, 2.05) is 17.9 Å². The summed E-state index contributed by atoms with van der Waals surface area (Å²) in [6.07, 6.45) is 7.27. The van der Waals surface area contributed by atoms with E-state index in [1.165, 1.54) is 5.69 Å². The first kappa shape index (κ1) is 17.9. The van der Waals surface area contributed by atoms with Crippen LogP contribution in [-0.2, 0) is 19.9 Å². The molecule has 0 radical (unpaired) electrons. The van der Waals surface area contributed by atoms with Crippen molar-refractivity contribution in [2.24, 2.45) is 7.05 Å². The summed E-state index contributed by atoms with van der Waals surface area (Å²) in [4.78, 5) is 11.7. The molecular weight excluding hydrogens is 312 g/mol. The zero-order valence-electron chi connectivity index (χ0n) is 15.7. The van der Waals surface area contributed by atoms with E-state index < -0.39 is 0 Å². The van der Waals surface area contributed by atoms with Crippen molar-refractivity contribution in [2.75, 3.05) is 24.5 Å². The van der Waals surface area contributed by atoms with Gasteiger partial charge < -0.3 is 10.2 Å². The van der Waals surface area contributed by atoms with Gasteiger partial charge >= 0.3 is 0 Å². The van der Waals surface area contributed by atoms with E-state index in [9.17, 15) is 0 Å². The Balaban J connectivity index is 1.47. The molecule has 0 spiro atoms. The van der Waals surface area contributed by atoms with Crippen LogP contribution in [0.15, 0.2) is 18.3 Å². The lowest BCUT2D eigenvalue weighted by Gasteiger charge is -2.33. The fourth-order valence-electron chi connectivity index (χ4n) is 3.47. The Morgan fingerprint density at radius 2 is 2.00 bits per heavy atom. The Bertz CT molecular complexity index is 672. The highest BCUT2D eigenvalue weighted by atomic mass is 15.3. The molecule has 136 valence electrons. The highest BCUT2D eigenvalue weighted by Crippen LogP contribution is 2.19. The second kappa shape index (κ2) is 8.43. The minimum atomic E-state index is 0.600. The largest absolute Gasteiger partial charge is 0.356 e. The summed E-state index contributed by atoms with van der Waals surface area (Å²) in [7, 11) is 2.00. The van der Waals surface area contributed by atoms with Crippen molar-refractivity contribution in [2.45, 2.75) is 52.0 Å². The van der Waals surface area contributed by atoms with Gasteiger partial charge in [-0.15, -0.1) is 0 Å². The molecule has 2 aromatic heterocycles. The lowest BCUT2D eigenvalue weighted by atomic mass is 10.0. The molecule has 1 saturated heterocycles. The zero-order chi connectivity index (χ0) is 17.6. The molecule has 1 fully saturated rings. The number of hydrogen-bond donors (Lipinski definition) is 1. The van der Waals surface area contributed by atoms with Gasteiger partial charge in [-0.05, 0) is 32.3 Å². The summed E-state index contributed by atoms with van der Waals surface area (Å²) < 4.78 is 1.95. The number of nitrogens with one attached hydrogen (secondary N) is 1. The fraction of sp³-hybridized carbons (Fsp3) is 0.632. The van der Waals surface area contributed by atoms with Crippen LogP contribution in [0.3, 0.4) is 0 Å². The molecule has 0 bridgehead atoms. The smallest absolute Gasteiger partial charge is 0.132 e. The van der Waals surface area contributed by atoms with Gasteiger partial charge in [-0.1, -0.05) is 6.92 Å². The van der Waals surface area contributed by atoms with Gasteiger partial charge in [0.1, 0.15) is 11.6 Å². The van der Waals surface area contributed by atoms with Crippen LogP contribution in [0.5, 0.6) is 0 Å². The molecule has 0 atom stereocenters. The first-order chi connectivity index (χ1) is 12.2. The molecule has 1 aliphatic rings. The molecule has 0 unspecified atom stereocenters. The van der Waals surface area contributed by atoms with Gasteiger partial charge in [-0.2, -0.15) is 5.10 Å². The molecule has 6 heteroatoms. The van der Waals surface area contributed by atoms with Crippen molar-refractivity contribution in [3.8, 4) is 0 Å². The second-order valence-electron chi connectivity index (χ2n) is 6.95. The second-order valence-corrected chi connectivity index (χ2v) is 6.95. The number of anilines is 1. The van der Waals surface area contributed by atoms with Gasteiger partial charge in [0.05, 0.1) is 0 Å². The molecule has 1 N–H and O–H groups in total. The van der Waals surface area contributed by atoms with Gasteiger partial charge in [-0.25, -0.2) is 9.97 Å². The molecule has 1 aliphatic heterocycles. The molecule has 6 nitrogen and oxygen atoms in total. The normalized spacial score (nSPS) is 15.7. The number of piperidine rings is 1. The Hall–Kier alpha value is -1.95. The summed E-state index contributed by atoms with van der Waals surface area (Å²) >= 11 is 0.